The molecular formula is C7H9Cl2N3OS. The molecule has 1 rings (SSSR count). The molecule has 7 heteroatoms. The van der Waals surface area contributed by atoms with Crippen LogP contribution < -0.4 is 10.6 Å². The van der Waals surface area contributed by atoms with Gasteiger partial charge in [0.15, 0.2) is 10.3 Å². The maximum Gasteiger partial charge on any atom is 0.320 e. The lowest BCUT2D eigenvalue weighted by atomic mass is 10.4. The van der Waals surface area contributed by atoms with Gasteiger partial charge in [0.1, 0.15) is 4.34 Å². The van der Waals surface area contributed by atoms with Crippen molar-refractivity contribution in [3.8, 4) is 0 Å². The number of carbonyl (C=O) groups is 1. The zero-order valence-electron chi connectivity index (χ0n) is 7.60. The number of hydrogen-bond donors (Lipinski definition) is 2. The Hall–Kier alpha value is -0.520. The Bertz CT molecular complexity index is 340. The molecule has 0 aromatic carbocycles. The molecule has 0 aliphatic heterocycles. The Morgan fingerprint density at radius 1 is 1.50 bits per heavy atom. The number of nitrogens with zero attached hydrogens (tertiary/aromatic N) is 1. The molecule has 2 amide bonds. The summed E-state index contributed by atoms with van der Waals surface area (Å²) in [5.74, 6) is 0.291. The molecule has 0 spiro atoms. The van der Waals surface area contributed by atoms with Crippen LogP contribution in [0.4, 0.5) is 10.6 Å². The van der Waals surface area contributed by atoms with E-state index >= 15 is 0 Å². The van der Waals surface area contributed by atoms with Crippen LogP contribution >= 0.6 is 34.5 Å². The maximum absolute atomic E-state index is 11.2. The summed E-state index contributed by atoms with van der Waals surface area (Å²) in [6.07, 6.45) is 0. The van der Waals surface area contributed by atoms with E-state index in [1.54, 1.807) is 0 Å². The Morgan fingerprint density at radius 2 is 2.14 bits per heavy atom. The van der Waals surface area contributed by atoms with Crippen molar-refractivity contribution >= 4 is 46.4 Å². The average molecular weight is 254 g/mol. The number of hydrogen-bond acceptors (Lipinski definition) is 3. The highest BCUT2D eigenvalue weighted by Crippen LogP contribution is 2.31. The first-order chi connectivity index (χ1) is 6.49. The zero-order chi connectivity index (χ0) is 10.7. The Balaban J connectivity index is 2.60. The van der Waals surface area contributed by atoms with Crippen LogP contribution in [0.15, 0.2) is 0 Å². The van der Waals surface area contributed by atoms with E-state index < -0.39 is 0 Å². The smallest absolute Gasteiger partial charge is 0.320 e. The molecule has 1 aromatic rings. The van der Waals surface area contributed by atoms with Gasteiger partial charge in [-0.05, 0) is 13.8 Å². The lowest BCUT2D eigenvalue weighted by molar-refractivity contribution is 0.250. The highest BCUT2D eigenvalue weighted by atomic mass is 35.5. The predicted octanol–water partition coefficient (Wildman–Crippen LogP) is 2.98. The second-order valence-electron chi connectivity index (χ2n) is 2.84. The standard InChI is InChI=1S/C7H9Cl2N3OS/c1-3(2)10-7(13)12-5-4(8)14-6(9)11-5/h3H,1-2H3,(H2,10,12,13). The molecule has 0 atom stereocenters. The summed E-state index contributed by atoms with van der Waals surface area (Å²) >= 11 is 12.5. The highest BCUT2D eigenvalue weighted by molar-refractivity contribution is 7.20. The van der Waals surface area contributed by atoms with Crippen molar-refractivity contribution in [3.05, 3.63) is 8.80 Å². The summed E-state index contributed by atoms with van der Waals surface area (Å²) in [7, 11) is 0. The van der Waals surface area contributed by atoms with Crippen LogP contribution in [0, 0.1) is 0 Å². The molecule has 0 radical (unpaired) electrons. The first-order valence-electron chi connectivity index (χ1n) is 3.88. The highest BCUT2D eigenvalue weighted by Gasteiger charge is 2.11. The van der Waals surface area contributed by atoms with E-state index in [0.29, 0.717) is 14.6 Å². The van der Waals surface area contributed by atoms with Crippen molar-refractivity contribution in [2.24, 2.45) is 0 Å². The largest absolute Gasteiger partial charge is 0.336 e. The summed E-state index contributed by atoms with van der Waals surface area (Å²) in [6.45, 7) is 3.71. The Labute approximate surface area is 95.6 Å². The van der Waals surface area contributed by atoms with E-state index in [1.165, 1.54) is 0 Å². The van der Waals surface area contributed by atoms with Crippen molar-refractivity contribution in [1.82, 2.24) is 10.3 Å². The zero-order valence-corrected chi connectivity index (χ0v) is 9.93. The molecule has 0 fully saturated rings. The molecule has 0 aliphatic rings. The third kappa shape index (κ3) is 3.32. The molecule has 0 unspecified atom stereocenters. The minimum atomic E-state index is -0.344. The summed E-state index contributed by atoms with van der Waals surface area (Å²) in [5, 5.41) is 5.14. The topological polar surface area (TPSA) is 54.0 Å². The summed E-state index contributed by atoms with van der Waals surface area (Å²) in [6, 6.07) is -0.285. The summed E-state index contributed by atoms with van der Waals surface area (Å²) < 4.78 is 0.670. The third-order valence-electron chi connectivity index (χ3n) is 1.21. The van der Waals surface area contributed by atoms with Crippen molar-refractivity contribution in [2.45, 2.75) is 19.9 Å². The predicted molar refractivity (Wildman–Crippen MR) is 59.4 cm³/mol. The lowest BCUT2D eigenvalue weighted by Gasteiger charge is -2.08. The van der Waals surface area contributed by atoms with Crippen LogP contribution in [0.1, 0.15) is 13.8 Å². The number of halogens is 2. The minimum absolute atomic E-state index is 0.0582. The van der Waals surface area contributed by atoms with Gasteiger partial charge in [-0.1, -0.05) is 34.5 Å². The molecule has 4 nitrogen and oxygen atoms in total. The Morgan fingerprint density at radius 3 is 2.57 bits per heavy atom. The van der Waals surface area contributed by atoms with Gasteiger partial charge in [0, 0.05) is 6.04 Å². The first-order valence-corrected chi connectivity index (χ1v) is 5.45. The van der Waals surface area contributed by atoms with E-state index in [1.807, 2.05) is 13.8 Å². The molecule has 0 saturated heterocycles. The van der Waals surface area contributed by atoms with Gasteiger partial charge in [0.05, 0.1) is 0 Å². The molecule has 78 valence electrons. The van der Waals surface area contributed by atoms with E-state index in [9.17, 15) is 4.79 Å². The number of thiazole rings is 1. The van der Waals surface area contributed by atoms with Crippen molar-refractivity contribution in [2.75, 3.05) is 5.32 Å². The van der Waals surface area contributed by atoms with Crippen LogP contribution in [0.5, 0.6) is 0 Å². The molecular weight excluding hydrogens is 245 g/mol. The van der Waals surface area contributed by atoms with Crippen LogP contribution in [-0.4, -0.2) is 17.1 Å². The number of nitrogens with one attached hydrogen (secondary N) is 2. The van der Waals surface area contributed by atoms with Gasteiger partial charge in [-0.25, -0.2) is 9.78 Å². The number of aromatic nitrogens is 1. The fourth-order valence-corrected chi connectivity index (χ4v) is 1.98. The van der Waals surface area contributed by atoms with Crippen molar-refractivity contribution in [3.63, 3.8) is 0 Å². The monoisotopic (exact) mass is 253 g/mol. The summed E-state index contributed by atoms with van der Waals surface area (Å²) in [5.41, 5.74) is 0. The van der Waals surface area contributed by atoms with Crippen LogP contribution in [-0.2, 0) is 0 Å². The van der Waals surface area contributed by atoms with E-state index in [0.717, 1.165) is 11.3 Å². The van der Waals surface area contributed by atoms with Gasteiger partial charge in [0.25, 0.3) is 0 Å². The number of amides is 2. The second-order valence-corrected chi connectivity index (χ2v) is 5.03. The van der Waals surface area contributed by atoms with Crippen LogP contribution in [0.25, 0.3) is 0 Å². The second kappa shape index (κ2) is 4.82. The van der Waals surface area contributed by atoms with Gasteiger partial charge in [-0.2, -0.15) is 0 Å². The van der Waals surface area contributed by atoms with Crippen LogP contribution in [0.2, 0.25) is 8.80 Å². The quantitative estimate of drug-likeness (QED) is 0.852. The van der Waals surface area contributed by atoms with Gasteiger partial charge in [-0.15, -0.1) is 0 Å². The number of anilines is 1. The van der Waals surface area contributed by atoms with Gasteiger partial charge in [0.2, 0.25) is 0 Å². The molecule has 0 aliphatic carbocycles. The SMILES string of the molecule is CC(C)NC(=O)Nc1nc(Cl)sc1Cl. The van der Waals surface area contributed by atoms with Crippen molar-refractivity contribution in [1.29, 1.82) is 0 Å². The third-order valence-corrected chi connectivity index (χ3v) is 2.57. The number of rotatable bonds is 2. The van der Waals surface area contributed by atoms with Crippen LogP contribution in [0.3, 0.4) is 0 Å². The molecule has 1 heterocycles. The minimum Gasteiger partial charge on any atom is -0.336 e. The molecule has 0 saturated carbocycles. The van der Waals surface area contributed by atoms with E-state index in [-0.39, 0.29) is 12.1 Å². The van der Waals surface area contributed by atoms with E-state index in [2.05, 4.69) is 15.6 Å². The van der Waals surface area contributed by atoms with Crippen molar-refractivity contribution < 1.29 is 4.79 Å². The molecule has 14 heavy (non-hydrogen) atoms. The van der Waals surface area contributed by atoms with E-state index in [4.69, 9.17) is 23.2 Å². The summed E-state index contributed by atoms with van der Waals surface area (Å²) in [4.78, 5) is 15.1. The number of urea groups is 1. The lowest BCUT2D eigenvalue weighted by Crippen LogP contribution is -2.34. The Kier molecular flexibility index (Phi) is 3.97. The molecule has 2 N–H and O–H groups in total. The number of carbonyl (C=O) groups excluding carboxylic acids is 1. The van der Waals surface area contributed by atoms with Gasteiger partial charge < -0.3 is 5.32 Å². The van der Waals surface area contributed by atoms with Gasteiger partial charge in [-0.3, -0.25) is 5.32 Å². The normalized spacial score (nSPS) is 10.4. The maximum atomic E-state index is 11.2. The first kappa shape index (κ1) is 11.6. The average Bonchev–Trinajstić information content (AvgIpc) is 2.28. The molecule has 1 aromatic heterocycles. The molecule has 0 bridgehead atoms. The fraction of sp³-hybridized carbons (Fsp3) is 0.429. The van der Waals surface area contributed by atoms with Gasteiger partial charge >= 0.3 is 6.03 Å². The fourth-order valence-electron chi connectivity index (χ4n) is 0.760.